The third-order valence-corrected chi connectivity index (χ3v) is 3.90. The molecule has 0 saturated carbocycles. The second kappa shape index (κ2) is 6.28. The Labute approximate surface area is 135 Å². The topological polar surface area (TPSA) is 162 Å². The van der Waals surface area contributed by atoms with Gasteiger partial charge in [0.15, 0.2) is 12.0 Å². The predicted molar refractivity (Wildman–Crippen MR) is 80.2 cm³/mol. The molecule has 24 heavy (non-hydrogen) atoms. The van der Waals surface area contributed by atoms with Crippen molar-refractivity contribution in [1.29, 1.82) is 0 Å². The zero-order valence-corrected chi connectivity index (χ0v) is 12.8. The Morgan fingerprint density at radius 2 is 2.08 bits per heavy atom. The second-order valence-corrected chi connectivity index (χ2v) is 5.44. The van der Waals surface area contributed by atoms with Crippen LogP contribution in [0.2, 0.25) is 0 Å². The van der Waals surface area contributed by atoms with E-state index in [1.165, 1.54) is 10.9 Å². The highest BCUT2D eigenvalue weighted by Crippen LogP contribution is 2.28. The van der Waals surface area contributed by atoms with Gasteiger partial charge in [0.25, 0.3) is 0 Å². The van der Waals surface area contributed by atoms with Crippen LogP contribution in [0.25, 0.3) is 5.69 Å². The molecule has 1 unspecified atom stereocenters. The van der Waals surface area contributed by atoms with Gasteiger partial charge >= 0.3 is 5.69 Å². The molecule has 2 aromatic rings. The van der Waals surface area contributed by atoms with Crippen molar-refractivity contribution >= 4 is 5.82 Å². The van der Waals surface area contributed by atoms with E-state index >= 15 is 0 Å². The third kappa shape index (κ3) is 2.67. The van der Waals surface area contributed by atoms with Crippen LogP contribution in [0.5, 0.6) is 0 Å². The Bertz CT molecular complexity index is 789. The first-order valence-corrected chi connectivity index (χ1v) is 7.39. The SMILES string of the molecule is CCc1cn(-c2cn([C@@H]3O[C@H](CO)C(O)[C@@H]3O)c(=O)nc2N)nn1. The molecule has 11 heteroatoms. The maximum atomic E-state index is 12.1. The molecular weight excluding hydrogens is 320 g/mol. The van der Waals surface area contributed by atoms with Crippen LogP contribution in [0.1, 0.15) is 18.8 Å². The minimum atomic E-state index is -1.40. The minimum absolute atomic E-state index is 0.0597. The standard InChI is InChI=1S/C13H18N6O5/c1-2-6-3-19(17-16-6)7-4-18(13(23)15-11(7)14)12-10(22)9(21)8(5-20)24-12/h3-4,8-10,12,20-22H,2,5H2,1H3,(H2,14,15,23)/t8-,9?,10+,12-/m1/s1. The lowest BCUT2D eigenvalue weighted by molar-refractivity contribution is -0.0549. The molecule has 0 amide bonds. The van der Waals surface area contributed by atoms with Crippen molar-refractivity contribution in [1.82, 2.24) is 24.5 Å². The first-order chi connectivity index (χ1) is 11.5. The van der Waals surface area contributed by atoms with Crippen molar-refractivity contribution in [3.8, 4) is 5.69 Å². The zero-order valence-electron chi connectivity index (χ0n) is 12.8. The lowest BCUT2D eigenvalue weighted by atomic mass is 10.1. The molecule has 0 aromatic carbocycles. The van der Waals surface area contributed by atoms with Crippen LogP contribution in [0.15, 0.2) is 17.2 Å². The summed E-state index contributed by atoms with van der Waals surface area (Å²) in [6.45, 7) is 1.41. The van der Waals surface area contributed by atoms with E-state index in [0.29, 0.717) is 6.42 Å². The number of ether oxygens (including phenoxy) is 1. The molecule has 3 rings (SSSR count). The van der Waals surface area contributed by atoms with Gasteiger partial charge in [0.1, 0.15) is 24.0 Å². The van der Waals surface area contributed by atoms with E-state index in [2.05, 4.69) is 15.3 Å². The summed E-state index contributed by atoms with van der Waals surface area (Å²) in [5.74, 6) is -0.0597. The number of nitrogens with two attached hydrogens (primary N) is 1. The quantitative estimate of drug-likeness (QED) is 0.475. The fourth-order valence-electron chi connectivity index (χ4n) is 2.52. The monoisotopic (exact) mass is 338 g/mol. The molecule has 11 nitrogen and oxygen atoms in total. The molecular formula is C13H18N6O5. The van der Waals surface area contributed by atoms with Crippen LogP contribution in [0.3, 0.4) is 0 Å². The maximum Gasteiger partial charge on any atom is 0.351 e. The minimum Gasteiger partial charge on any atom is -0.394 e. The van der Waals surface area contributed by atoms with Crippen LogP contribution < -0.4 is 11.4 Å². The summed E-state index contributed by atoms with van der Waals surface area (Å²) in [4.78, 5) is 15.8. The van der Waals surface area contributed by atoms with E-state index in [9.17, 15) is 15.0 Å². The Kier molecular flexibility index (Phi) is 4.32. The van der Waals surface area contributed by atoms with Gasteiger partial charge in [0.05, 0.1) is 18.5 Å². The van der Waals surface area contributed by atoms with Gasteiger partial charge in [-0.15, -0.1) is 5.10 Å². The zero-order chi connectivity index (χ0) is 17.4. The van der Waals surface area contributed by atoms with Crippen molar-refractivity contribution in [2.75, 3.05) is 12.3 Å². The summed E-state index contributed by atoms with van der Waals surface area (Å²) in [5.41, 5.74) is 6.02. The summed E-state index contributed by atoms with van der Waals surface area (Å²) in [6.07, 6.45) is -1.31. The average molecular weight is 338 g/mol. The molecule has 0 radical (unpaired) electrons. The van der Waals surface area contributed by atoms with Gasteiger partial charge in [0, 0.05) is 6.20 Å². The van der Waals surface area contributed by atoms with Gasteiger partial charge < -0.3 is 25.8 Å². The Balaban J connectivity index is 2.03. The van der Waals surface area contributed by atoms with Crippen molar-refractivity contribution in [3.05, 3.63) is 28.6 Å². The fourth-order valence-corrected chi connectivity index (χ4v) is 2.52. The highest BCUT2D eigenvalue weighted by atomic mass is 16.6. The average Bonchev–Trinajstić information content (AvgIpc) is 3.14. The van der Waals surface area contributed by atoms with E-state index < -0.39 is 36.8 Å². The molecule has 2 aromatic heterocycles. The molecule has 1 aliphatic heterocycles. The molecule has 4 atom stereocenters. The molecule has 0 spiro atoms. The normalized spacial score (nSPS) is 26.8. The fraction of sp³-hybridized carbons (Fsp3) is 0.538. The summed E-state index contributed by atoms with van der Waals surface area (Å²) >= 11 is 0. The number of anilines is 1. The van der Waals surface area contributed by atoms with Gasteiger partial charge in [-0.3, -0.25) is 4.57 Å². The van der Waals surface area contributed by atoms with Gasteiger partial charge in [-0.2, -0.15) is 4.98 Å². The number of aromatic nitrogens is 5. The number of aliphatic hydroxyl groups excluding tert-OH is 3. The Hall–Kier alpha value is -2.34. The summed E-state index contributed by atoms with van der Waals surface area (Å²) in [5, 5.41) is 36.9. The highest BCUT2D eigenvalue weighted by Gasteiger charge is 2.44. The Morgan fingerprint density at radius 1 is 1.33 bits per heavy atom. The van der Waals surface area contributed by atoms with Crippen molar-refractivity contribution in [2.24, 2.45) is 0 Å². The van der Waals surface area contributed by atoms with Crippen LogP contribution >= 0.6 is 0 Å². The molecule has 130 valence electrons. The number of aliphatic hydroxyl groups is 3. The number of aryl methyl sites for hydroxylation is 1. The molecule has 1 fully saturated rings. The molecule has 5 N–H and O–H groups in total. The Morgan fingerprint density at radius 3 is 2.67 bits per heavy atom. The predicted octanol–water partition coefficient (Wildman–Crippen LogP) is -2.42. The van der Waals surface area contributed by atoms with Crippen molar-refractivity contribution < 1.29 is 20.1 Å². The van der Waals surface area contributed by atoms with Crippen molar-refractivity contribution in [3.63, 3.8) is 0 Å². The number of rotatable bonds is 4. The highest BCUT2D eigenvalue weighted by molar-refractivity contribution is 5.49. The summed E-state index contributed by atoms with van der Waals surface area (Å²) in [7, 11) is 0. The number of nitrogens with zero attached hydrogens (tertiary/aromatic N) is 5. The molecule has 0 aliphatic carbocycles. The maximum absolute atomic E-state index is 12.1. The summed E-state index contributed by atoms with van der Waals surface area (Å²) < 4.78 is 7.71. The van der Waals surface area contributed by atoms with Gasteiger partial charge in [0.2, 0.25) is 0 Å². The number of nitrogen functional groups attached to an aromatic ring is 1. The van der Waals surface area contributed by atoms with Crippen LogP contribution in [0.4, 0.5) is 5.82 Å². The van der Waals surface area contributed by atoms with Crippen LogP contribution in [-0.4, -0.2) is 64.8 Å². The van der Waals surface area contributed by atoms with Gasteiger partial charge in [-0.05, 0) is 6.42 Å². The van der Waals surface area contributed by atoms with E-state index in [1.54, 1.807) is 6.20 Å². The van der Waals surface area contributed by atoms with Gasteiger partial charge in [-0.25, -0.2) is 9.48 Å². The molecule has 0 bridgehead atoms. The number of hydrogen-bond donors (Lipinski definition) is 4. The van der Waals surface area contributed by atoms with Gasteiger partial charge in [-0.1, -0.05) is 12.1 Å². The second-order valence-electron chi connectivity index (χ2n) is 5.44. The van der Waals surface area contributed by atoms with E-state index in [4.69, 9.17) is 15.6 Å². The lowest BCUT2D eigenvalue weighted by Crippen LogP contribution is -2.36. The molecule has 1 aliphatic rings. The van der Waals surface area contributed by atoms with E-state index in [1.807, 2.05) is 6.92 Å². The number of hydrogen-bond acceptors (Lipinski definition) is 9. The smallest absolute Gasteiger partial charge is 0.351 e. The first-order valence-electron chi connectivity index (χ1n) is 7.39. The van der Waals surface area contributed by atoms with Crippen LogP contribution in [0, 0.1) is 0 Å². The van der Waals surface area contributed by atoms with Crippen molar-refractivity contribution in [2.45, 2.75) is 37.9 Å². The molecule has 3 heterocycles. The van der Waals surface area contributed by atoms with E-state index in [-0.39, 0.29) is 11.5 Å². The summed E-state index contributed by atoms with van der Waals surface area (Å²) in [6, 6.07) is 0. The molecule has 1 saturated heterocycles. The largest absolute Gasteiger partial charge is 0.394 e. The van der Waals surface area contributed by atoms with Crippen LogP contribution in [-0.2, 0) is 11.2 Å². The third-order valence-electron chi connectivity index (χ3n) is 3.90. The first kappa shape index (κ1) is 16.5. The lowest BCUT2D eigenvalue weighted by Gasteiger charge is -2.18. The van der Waals surface area contributed by atoms with E-state index in [0.717, 1.165) is 10.3 Å².